The van der Waals surface area contributed by atoms with Gasteiger partial charge in [-0.2, -0.15) is 5.26 Å². The fourth-order valence-electron chi connectivity index (χ4n) is 2.34. The van der Waals surface area contributed by atoms with Crippen LogP contribution in [0.4, 0.5) is 0 Å². The first kappa shape index (κ1) is 16.0. The van der Waals surface area contributed by atoms with Crippen molar-refractivity contribution in [1.82, 2.24) is 20.5 Å². The van der Waals surface area contributed by atoms with Crippen molar-refractivity contribution in [2.75, 3.05) is 5.75 Å². The zero-order valence-corrected chi connectivity index (χ0v) is 14.3. The Morgan fingerprint density at radius 2 is 2.48 bits per heavy atom. The maximum absolute atomic E-state index is 12.0. The molecule has 23 heavy (non-hydrogen) atoms. The lowest BCUT2D eigenvalue weighted by Crippen LogP contribution is -2.47. The quantitative estimate of drug-likeness (QED) is 0.750. The number of aromatic amines is 1. The molecule has 0 aliphatic heterocycles. The molecule has 1 aliphatic carbocycles. The van der Waals surface area contributed by atoms with Crippen molar-refractivity contribution in [2.24, 2.45) is 5.92 Å². The van der Waals surface area contributed by atoms with Crippen molar-refractivity contribution in [2.45, 2.75) is 36.9 Å². The van der Waals surface area contributed by atoms with Gasteiger partial charge < -0.3 is 5.32 Å². The summed E-state index contributed by atoms with van der Waals surface area (Å²) in [6.45, 7) is 1.79. The first-order chi connectivity index (χ1) is 11.1. The normalized spacial score (nSPS) is 16.5. The number of amides is 1. The van der Waals surface area contributed by atoms with Crippen LogP contribution < -0.4 is 5.32 Å². The van der Waals surface area contributed by atoms with Gasteiger partial charge in [-0.05, 0) is 37.1 Å². The van der Waals surface area contributed by atoms with Gasteiger partial charge in [0.1, 0.15) is 11.4 Å². The van der Waals surface area contributed by atoms with Crippen molar-refractivity contribution < 1.29 is 4.79 Å². The second-order valence-electron chi connectivity index (χ2n) is 5.75. The van der Waals surface area contributed by atoms with E-state index in [4.69, 9.17) is 0 Å². The molecule has 2 aromatic heterocycles. The lowest BCUT2D eigenvalue weighted by Gasteiger charge is -2.22. The van der Waals surface area contributed by atoms with Gasteiger partial charge in [-0.1, -0.05) is 17.8 Å². The number of carbonyl (C=O) groups excluding carboxylic acids is 1. The number of nitrogens with zero attached hydrogens (tertiary/aromatic N) is 3. The van der Waals surface area contributed by atoms with Gasteiger partial charge in [0.15, 0.2) is 0 Å². The number of aromatic nitrogens is 3. The van der Waals surface area contributed by atoms with Gasteiger partial charge in [0.2, 0.25) is 11.1 Å². The van der Waals surface area contributed by atoms with Gasteiger partial charge in [0, 0.05) is 11.3 Å². The Labute approximate surface area is 142 Å². The fraction of sp³-hybridized carbons (Fsp3) is 0.467. The number of rotatable bonds is 7. The minimum atomic E-state index is -0.749. The van der Waals surface area contributed by atoms with Crippen molar-refractivity contribution in [3.63, 3.8) is 0 Å². The van der Waals surface area contributed by atoms with Crippen LogP contribution in [0.1, 0.15) is 30.5 Å². The van der Waals surface area contributed by atoms with Gasteiger partial charge in [0.25, 0.3) is 0 Å². The molecular formula is C15H17N5OS2. The summed E-state index contributed by atoms with van der Waals surface area (Å²) < 4.78 is 0. The molecule has 1 amide bonds. The van der Waals surface area contributed by atoms with Crippen molar-refractivity contribution in [1.29, 1.82) is 5.26 Å². The zero-order valence-electron chi connectivity index (χ0n) is 12.7. The molecule has 1 atom stereocenters. The van der Waals surface area contributed by atoms with Gasteiger partial charge in [-0.25, -0.2) is 4.98 Å². The number of nitrogens with one attached hydrogen (secondary N) is 2. The number of nitriles is 1. The summed E-state index contributed by atoms with van der Waals surface area (Å²) in [6, 6.07) is 6.27. The number of carbonyl (C=O) groups is 1. The molecule has 0 spiro atoms. The summed E-state index contributed by atoms with van der Waals surface area (Å²) in [4.78, 5) is 17.6. The Hall–Kier alpha value is -1.85. The van der Waals surface area contributed by atoms with Crippen LogP contribution in [0.5, 0.6) is 0 Å². The van der Waals surface area contributed by atoms with Crippen LogP contribution in [-0.2, 0) is 11.2 Å². The molecule has 3 rings (SSSR count). The molecule has 1 fully saturated rings. The molecule has 2 heterocycles. The van der Waals surface area contributed by atoms with Gasteiger partial charge in [-0.3, -0.25) is 9.89 Å². The molecular weight excluding hydrogens is 330 g/mol. The molecule has 0 radical (unpaired) electrons. The Kier molecular flexibility index (Phi) is 4.68. The predicted molar refractivity (Wildman–Crippen MR) is 89.1 cm³/mol. The molecule has 0 bridgehead atoms. The second-order valence-corrected chi connectivity index (χ2v) is 7.72. The Morgan fingerprint density at radius 3 is 3.13 bits per heavy atom. The minimum absolute atomic E-state index is 0.157. The fourth-order valence-corrected chi connectivity index (χ4v) is 3.66. The van der Waals surface area contributed by atoms with E-state index >= 15 is 0 Å². The highest BCUT2D eigenvalue weighted by molar-refractivity contribution is 7.99. The average molecular weight is 347 g/mol. The SMILES string of the molecule is CC(C#N)(NC(=O)CSc1n[nH]c(Cc2cccs2)n1)C1CC1. The standard InChI is InChI=1S/C15H17N5OS2/c1-15(9-16,10-4-5-10)18-13(21)8-23-14-17-12(19-20-14)7-11-3-2-6-22-11/h2-3,6,10H,4-5,7-8H2,1H3,(H,18,21)(H,17,19,20). The third-order valence-corrected chi connectivity index (χ3v) is 5.51. The van der Waals surface area contributed by atoms with Crippen LogP contribution in [0.3, 0.4) is 0 Å². The molecule has 2 aromatic rings. The Bertz CT molecular complexity index is 717. The number of hydrogen-bond donors (Lipinski definition) is 2. The van der Waals surface area contributed by atoms with Crippen molar-refractivity contribution in [3.05, 3.63) is 28.2 Å². The molecule has 0 saturated heterocycles. The smallest absolute Gasteiger partial charge is 0.231 e. The van der Waals surface area contributed by atoms with E-state index in [1.807, 2.05) is 17.5 Å². The van der Waals surface area contributed by atoms with Crippen LogP contribution >= 0.6 is 23.1 Å². The van der Waals surface area contributed by atoms with E-state index in [-0.39, 0.29) is 17.6 Å². The Morgan fingerprint density at radius 1 is 1.65 bits per heavy atom. The highest BCUT2D eigenvalue weighted by Crippen LogP contribution is 2.39. The van der Waals surface area contributed by atoms with E-state index in [2.05, 4.69) is 26.6 Å². The van der Waals surface area contributed by atoms with E-state index in [1.54, 1.807) is 18.3 Å². The zero-order chi connectivity index (χ0) is 16.3. The number of thioether (sulfide) groups is 1. The Balaban J connectivity index is 1.49. The third kappa shape index (κ3) is 4.12. The number of thiophene rings is 1. The number of H-pyrrole nitrogens is 1. The maximum atomic E-state index is 12.0. The molecule has 1 unspecified atom stereocenters. The van der Waals surface area contributed by atoms with Gasteiger partial charge in [-0.15, -0.1) is 16.4 Å². The highest BCUT2D eigenvalue weighted by Gasteiger charge is 2.42. The van der Waals surface area contributed by atoms with Crippen molar-refractivity contribution in [3.8, 4) is 6.07 Å². The number of hydrogen-bond acceptors (Lipinski definition) is 6. The first-order valence-electron chi connectivity index (χ1n) is 7.38. The minimum Gasteiger partial charge on any atom is -0.337 e. The van der Waals surface area contributed by atoms with E-state index in [0.717, 1.165) is 18.7 Å². The summed E-state index contributed by atoms with van der Waals surface area (Å²) in [6.07, 6.45) is 2.72. The summed E-state index contributed by atoms with van der Waals surface area (Å²) >= 11 is 2.95. The largest absolute Gasteiger partial charge is 0.337 e. The lowest BCUT2D eigenvalue weighted by molar-refractivity contribution is -0.119. The van der Waals surface area contributed by atoms with Crippen molar-refractivity contribution >= 4 is 29.0 Å². The van der Waals surface area contributed by atoms with Gasteiger partial charge >= 0.3 is 0 Å². The molecule has 2 N–H and O–H groups in total. The summed E-state index contributed by atoms with van der Waals surface area (Å²) in [5.74, 6) is 1.12. The van der Waals surface area contributed by atoms with Crippen LogP contribution in [0.25, 0.3) is 0 Å². The van der Waals surface area contributed by atoms with Gasteiger partial charge in [0.05, 0.1) is 11.8 Å². The van der Waals surface area contributed by atoms with E-state index < -0.39 is 5.54 Å². The predicted octanol–water partition coefficient (Wildman–Crippen LogP) is 2.36. The molecule has 1 aliphatic rings. The van der Waals surface area contributed by atoms with Crippen LogP contribution in [-0.4, -0.2) is 32.4 Å². The molecule has 0 aromatic carbocycles. The maximum Gasteiger partial charge on any atom is 0.231 e. The lowest BCUT2D eigenvalue weighted by atomic mass is 9.98. The monoisotopic (exact) mass is 347 g/mol. The molecule has 8 heteroatoms. The summed E-state index contributed by atoms with van der Waals surface area (Å²) in [7, 11) is 0. The summed E-state index contributed by atoms with van der Waals surface area (Å²) in [5, 5.41) is 21.7. The average Bonchev–Trinajstić information content (AvgIpc) is 3.12. The molecule has 6 nitrogen and oxygen atoms in total. The van der Waals surface area contributed by atoms with E-state index in [9.17, 15) is 10.1 Å². The first-order valence-corrected chi connectivity index (χ1v) is 9.24. The van der Waals surface area contributed by atoms with E-state index in [0.29, 0.717) is 11.6 Å². The van der Waals surface area contributed by atoms with Crippen LogP contribution in [0, 0.1) is 17.2 Å². The van der Waals surface area contributed by atoms with E-state index in [1.165, 1.54) is 16.6 Å². The summed E-state index contributed by atoms with van der Waals surface area (Å²) in [5.41, 5.74) is -0.749. The topological polar surface area (TPSA) is 94.5 Å². The third-order valence-electron chi connectivity index (χ3n) is 3.79. The van der Waals surface area contributed by atoms with Crippen LogP contribution in [0.15, 0.2) is 22.7 Å². The molecule has 1 saturated carbocycles. The molecule has 120 valence electrons. The van der Waals surface area contributed by atoms with Crippen LogP contribution in [0.2, 0.25) is 0 Å². The second kappa shape index (κ2) is 6.72. The highest BCUT2D eigenvalue weighted by atomic mass is 32.2.